The molecule has 1 saturated carbocycles. The first-order valence-electron chi connectivity index (χ1n) is 7.74. The molecule has 19 heavy (non-hydrogen) atoms. The van der Waals surface area contributed by atoms with Crippen LogP contribution in [0.1, 0.15) is 31.2 Å². The summed E-state index contributed by atoms with van der Waals surface area (Å²) in [7, 11) is 0. The predicted octanol–water partition coefficient (Wildman–Crippen LogP) is 0.566. The third-order valence-corrected chi connectivity index (χ3v) is 5.30. The van der Waals surface area contributed by atoms with Crippen molar-refractivity contribution in [3.63, 3.8) is 0 Å². The number of benzene rings is 1. The quantitative estimate of drug-likeness (QED) is 0.801. The molecule has 0 aromatic heterocycles. The fourth-order valence-electron chi connectivity index (χ4n) is 3.75. The average Bonchev–Trinajstić information content (AvgIpc) is 2.96. The van der Waals surface area contributed by atoms with Crippen molar-refractivity contribution in [2.75, 3.05) is 26.2 Å². The minimum Gasteiger partial charge on any atom is -0.323 e. The summed E-state index contributed by atoms with van der Waals surface area (Å²) < 4.78 is 0. The SMILES string of the molecule is Clc1ccccc1C[NH+]1CC[NH+](C2CCCC2)CC1. The summed E-state index contributed by atoms with van der Waals surface area (Å²) in [5, 5.41) is 0.931. The minimum absolute atomic E-state index is 0.931. The van der Waals surface area contributed by atoms with Gasteiger partial charge in [0, 0.05) is 10.6 Å². The van der Waals surface area contributed by atoms with E-state index in [4.69, 9.17) is 11.6 Å². The first kappa shape index (κ1) is 13.4. The third-order valence-electron chi connectivity index (χ3n) is 4.93. The Morgan fingerprint density at radius 3 is 2.37 bits per heavy atom. The molecule has 0 spiro atoms. The zero-order valence-electron chi connectivity index (χ0n) is 11.6. The van der Waals surface area contributed by atoms with Crippen molar-refractivity contribution >= 4 is 11.6 Å². The second-order valence-corrected chi connectivity index (χ2v) is 6.57. The van der Waals surface area contributed by atoms with Crippen LogP contribution in [-0.2, 0) is 6.54 Å². The number of quaternary nitrogens is 2. The Labute approximate surface area is 121 Å². The van der Waals surface area contributed by atoms with Gasteiger partial charge in [-0.25, -0.2) is 0 Å². The van der Waals surface area contributed by atoms with E-state index in [2.05, 4.69) is 12.1 Å². The van der Waals surface area contributed by atoms with Gasteiger partial charge in [-0.15, -0.1) is 0 Å². The highest BCUT2D eigenvalue weighted by Crippen LogP contribution is 2.15. The average molecular weight is 281 g/mol. The van der Waals surface area contributed by atoms with Crippen LogP contribution in [0.15, 0.2) is 24.3 Å². The van der Waals surface area contributed by atoms with Gasteiger partial charge >= 0.3 is 0 Å². The summed E-state index contributed by atoms with van der Waals surface area (Å²) in [6.45, 7) is 6.40. The van der Waals surface area contributed by atoms with Crippen LogP contribution >= 0.6 is 11.6 Å². The van der Waals surface area contributed by atoms with E-state index in [1.165, 1.54) is 57.4 Å². The first-order chi connectivity index (χ1) is 9.33. The molecule has 1 saturated heterocycles. The van der Waals surface area contributed by atoms with Gasteiger partial charge in [0.05, 0.1) is 6.04 Å². The number of hydrogen-bond donors (Lipinski definition) is 2. The highest BCUT2D eigenvalue weighted by molar-refractivity contribution is 6.31. The maximum Gasteiger partial charge on any atom is 0.127 e. The van der Waals surface area contributed by atoms with Crippen molar-refractivity contribution < 1.29 is 9.80 Å². The van der Waals surface area contributed by atoms with E-state index < -0.39 is 0 Å². The lowest BCUT2D eigenvalue weighted by Crippen LogP contribution is -3.29. The van der Waals surface area contributed by atoms with E-state index in [1.54, 1.807) is 4.90 Å². The fraction of sp³-hybridized carbons (Fsp3) is 0.625. The Bertz CT molecular complexity index is 407. The first-order valence-corrected chi connectivity index (χ1v) is 8.12. The number of rotatable bonds is 3. The predicted molar refractivity (Wildman–Crippen MR) is 78.8 cm³/mol. The van der Waals surface area contributed by atoms with Crippen LogP contribution in [0.5, 0.6) is 0 Å². The molecule has 2 fully saturated rings. The van der Waals surface area contributed by atoms with Crippen LogP contribution in [0.4, 0.5) is 0 Å². The van der Waals surface area contributed by atoms with Crippen LogP contribution in [0.2, 0.25) is 5.02 Å². The van der Waals surface area contributed by atoms with Crippen molar-refractivity contribution in [2.24, 2.45) is 0 Å². The van der Waals surface area contributed by atoms with Gasteiger partial charge in [-0.05, 0) is 31.7 Å². The molecule has 1 aromatic rings. The summed E-state index contributed by atoms with van der Waals surface area (Å²) in [5.41, 5.74) is 1.31. The van der Waals surface area contributed by atoms with Gasteiger partial charge in [0.15, 0.2) is 0 Å². The van der Waals surface area contributed by atoms with Crippen LogP contribution < -0.4 is 9.80 Å². The lowest BCUT2D eigenvalue weighted by atomic mass is 10.1. The summed E-state index contributed by atoms with van der Waals surface area (Å²) in [6, 6.07) is 9.27. The largest absolute Gasteiger partial charge is 0.323 e. The van der Waals surface area contributed by atoms with E-state index in [0.717, 1.165) is 17.6 Å². The maximum atomic E-state index is 6.26. The normalized spacial score (nSPS) is 28.7. The molecule has 104 valence electrons. The van der Waals surface area contributed by atoms with Crippen molar-refractivity contribution in [3.8, 4) is 0 Å². The standard InChI is InChI=1S/C16H23ClN2/c17-16-8-4-1-5-14(16)13-18-9-11-19(12-10-18)15-6-2-3-7-15/h1,4-5,8,15H,2-3,6-7,9-13H2/p+2. The van der Waals surface area contributed by atoms with Crippen molar-refractivity contribution in [1.29, 1.82) is 0 Å². The summed E-state index contributed by atoms with van der Waals surface area (Å²) in [5.74, 6) is 0. The Morgan fingerprint density at radius 2 is 1.68 bits per heavy atom. The van der Waals surface area contributed by atoms with Crippen LogP contribution in [0.3, 0.4) is 0 Å². The summed E-state index contributed by atoms with van der Waals surface area (Å²) in [6.07, 6.45) is 5.86. The van der Waals surface area contributed by atoms with Gasteiger partial charge in [-0.3, -0.25) is 0 Å². The minimum atomic E-state index is 0.931. The second-order valence-electron chi connectivity index (χ2n) is 6.16. The molecular formula is C16H25ClN2+2. The van der Waals surface area contributed by atoms with Gasteiger partial charge < -0.3 is 9.80 Å². The van der Waals surface area contributed by atoms with Crippen LogP contribution in [-0.4, -0.2) is 32.2 Å². The number of halogens is 1. The number of hydrogen-bond acceptors (Lipinski definition) is 0. The molecule has 3 rings (SSSR count). The van der Waals surface area contributed by atoms with E-state index in [1.807, 2.05) is 17.0 Å². The maximum absolute atomic E-state index is 6.26. The van der Waals surface area contributed by atoms with Gasteiger partial charge in [0.2, 0.25) is 0 Å². The molecular weight excluding hydrogens is 256 g/mol. The molecule has 2 N–H and O–H groups in total. The van der Waals surface area contributed by atoms with E-state index in [9.17, 15) is 0 Å². The molecule has 1 aliphatic carbocycles. The Morgan fingerprint density at radius 1 is 1.00 bits per heavy atom. The van der Waals surface area contributed by atoms with Crippen LogP contribution in [0.25, 0.3) is 0 Å². The molecule has 2 aliphatic rings. The van der Waals surface area contributed by atoms with Crippen molar-refractivity contribution in [2.45, 2.75) is 38.3 Å². The zero-order chi connectivity index (χ0) is 13.1. The number of piperazine rings is 1. The molecule has 1 aliphatic heterocycles. The molecule has 0 atom stereocenters. The monoisotopic (exact) mass is 280 g/mol. The Balaban J connectivity index is 1.51. The topological polar surface area (TPSA) is 8.88 Å². The number of nitrogens with one attached hydrogen (secondary N) is 2. The lowest BCUT2D eigenvalue weighted by Gasteiger charge is -2.33. The summed E-state index contributed by atoms with van der Waals surface area (Å²) >= 11 is 6.26. The highest BCUT2D eigenvalue weighted by Gasteiger charge is 2.31. The highest BCUT2D eigenvalue weighted by atomic mass is 35.5. The molecule has 0 bridgehead atoms. The molecule has 2 nitrogen and oxygen atoms in total. The second kappa shape index (κ2) is 6.25. The molecule has 0 unspecified atom stereocenters. The van der Waals surface area contributed by atoms with E-state index >= 15 is 0 Å². The van der Waals surface area contributed by atoms with Crippen LogP contribution in [0, 0.1) is 0 Å². The van der Waals surface area contributed by atoms with E-state index in [-0.39, 0.29) is 0 Å². The molecule has 3 heteroatoms. The Hall–Kier alpha value is -0.570. The summed E-state index contributed by atoms with van der Waals surface area (Å²) in [4.78, 5) is 3.58. The molecule has 1 heterocycles. The van der Waals surface area contributed by atoms with Crippen molar-refractivity contribution in [1.82, 2.24) is 0 Å². The van der Waals surface area contributed by atoms with Gasteiger partial charge in [0.25, 0.3) is 0 Å². The third kappa shape index (κ3) is 3.31. The molecule has 1 aromatic carbocycles. The van der Waals surface area contributed by atoms with E-state index in [0.29, 0.717) is 0 Å². The lowest BCUT2D eigenvalue weighted by molar-refractivity contribution is -1.03. The van der Waals surface area contributed by atoms with Gasteiger partial charge in [-0.2, -0.15) is 0 Å². The fourth-order valence-corrected chi connectivity index (χ4v) is 3.96. The van der Waals surface area contributed by atoms with Crippen molar-refractivity contribution in [3.05, 3.63) is 34.9 Å². The molecule has 0 amide bonds. The van der Waals surface area contributed by atoms with Gasteiger partial charge in [0.1, 0.15) is 32.7 Å². The van der Waals surface area contributed by atoms with Gasteiger partial charge in [-0.1, -0.05) is 29.8 Å². The molecule has 0 radical (unpaired) electrons. The zero-order valence-corrected chi connectivity index (χ0v) is 12.4. The smallest absolute Gasteiger partial charge is 0.127 e. The Kier molecular flexibility index (Phi) is 4.42.